The zero-order valence-electron chi connectivity index (χ0n) is 21.2. The Hall–Kier alpha value is -3.98. The Bertz CT molecular complexity index is 1570. The summed E-state index contributed by atoms with van der Waals surface area (Å²) < 4.78 is 27.7. The summed E-state index contributed by atoms with van der Waals surface area (Å²) in [6, 6.07) is 11.7. The van der Waals surface area contributed by atoms with Gasteiger partial charge in [0.1, 0.15) is 6.10 Å². The van der Waals surface area contributed by atoms with Gasteiger partial charge in [-0.1, -0.05) is 29.8 Å². The monoisotopic (exact) mass is 491 g/mol. The van der Waals surface area contributed by atoms with Gasteiger partial charge in [0.15, 0.2) is 11.5 Å². The highest BCUT2D eigenvalue weighted by atomic mass is 16.5. The number of hydrogen-bond acceptors (Lipinski definition) is 6. The lowest BCUT2D eigenvalue weighted by Crippen LogP contribution is -2.37. The molecule has 0 fully saturated rings. The van der Waals surface area contributed by atoms with E-state index >= 15 is 0 Å². The Kier molecular flexibility index (Phi) is 5.88. The van der Waals surface area contributed by atoms with Crippen molar-refractivity contribution in [3.8, 4) is 28.5 Å². The van der Waals surface area contributed by atoms with Gasteiger partial charge in [-0.25, -0.2) is 4.79 Å². The standard InChI is InChI=1S/C27H29N3O6/c1-15-7-9-16(10-8-15)21-20-22(28(2)27(32)29(3)26(20)31)23-24(36-12-11-30(21)23)17-13-18(33-4)25(35-6)19(14-17)34-5/h7-10,13-14,24H,11-12H2,1-6H3. The zero-order chi connectivity index (χ0) is 25.7. The van der Waals surface area contributed by atoms with Crippen molar-refractivity contribution in [3.05, 3.63) is 74.1 Å². The van der Waals surface area contributed by atoms with Crippen LogP contribution < -0.4 is 25.5 Å². The summed E-state index contributed by atoms with van der Waals surface area (Å²) in [4.78, 5) is 26.6. The van der Waals surface area contributed by atoms with Crippen LogP contribution in [0.4, 0.5) is 0 Å². The third-order valence-electron chi connectivity index (χ3n) is 6.87. The van der Waals surface area contributed by atoms with Crippen LogP contribution in [0.5, 0.6) is 17.2 Å². The lowest BCUT2D eigenvalue weighted by Gasteiger charge is -2.28. The number of rotatable bonds is 5. The number of benzene rings is 2. The van der Waals surface area contributed by atoms with Crippen LogP contribution in [0.1, 0.15) is 22.9 Å². The molecule has 0 radical (unpaired) electrons. The van der Waals surface area contributed by atoms with E-state index in [4.69, 9.17) is 18.9 Å². The predicted octanol–water partition coefficient (Wildman–Crippen LogP) is 3.16. The molecule has 0 spiro atoms. The Morgan fingerprint density at radius 3 is 2.14 bits per heavy atom. The van der Waals surface area contributed by atoms with Gasteiger partial charge in [0.25, 0.3) is 5.56 Å². The van der Waals surface area contributed by atoms with Gasteiger partial charge in [-0.15, -0.1) is 0 Å². The molecule has 0 saturated carbocycles. The van der Waals surface area contributed by atoms with Crippen molar-refractivity contribution in [2.24, 2.45) is 14.1 Å². The summed E-state index contributed by atoms with van der Waals surface area (Å²) in [5.74, 6) is 1.46. The summed E-state index contributed by atoms with van der Waals surface area (Å²) in [6.45, 7) is 2.97. The maximum atomic E-state index is 13.5. The molecule has 2 aromatic carbocycles. The van der Waals surface area contributed by atoms with E-state index in [1.54, 1.807) is 28.4 Å². The lowest BCUT2D eigenvalue weighted by molar-refractivity contribution is 0.0475. The van der Waals surface area contributed by atoms with Crippen molar-refractivity contribution in [2.75, 3.05) is 27.9 Å². The van der Waals surface area contributed by atoms with Crippen molar-refractivity contribution in [3.63, 3.8) is 0 Å². The topological polar surface area (TPSA) is 85.9 Å². The van der Waals surface area contributed by atoms with Crippen molar-refractivity contribution < 1.29 is 18.9 Å². The fourth-order valence-electron chi connectivity index (χ4n) is 5.10. The Morgan fingerprint density at radius 2 is 1.56 bits per heavy atom. The zero-order valence-corrected chi connectivity index (χ0v) is 21.2. The van der Waals surface area contributed by atoms with E-state index in [1.165, 1.54) is 11.6 Å². The van der Waals surface area contributed by atoms with Gasteiger partial charge in [0, 0.05) is 20.6 Å². The first-order valence-corrected chi connectivity index (χ1v) is 11.6. The lowest BCUT2D eigenvalue weighted by atomic mass is 10.0. The molecule has 188 valence electrons. The normalized spacial score (nSPS) is 15.1. The number of hydrogen-bond donors (Lipinski definition) is 0. The number of aryl methyl sites for hydroxylation is 2. The molecule has 9 heteroatoms. The quantitative estimate of drug-likeness (QED) is 0.426. The maximum Gasteiger partial charge on any atom is 0.331 e. The molecule has 9 nitrogen and oxygen atoms in total. The summed E-state index contributed by atoms with van der Waals surface area (Å²) in [6.07, 6.45) is -0.577. The number of aromatic nitrogens is 3. The van der Waals surface area contributed by atoms with Crippen LogP contribution in [0.2, 0.25) is 0 Å². The van der Waals surface area contributed by atoms with E-state index in [0.29, 0.717) is 41.3 Å². The molecule has 2 aromatic heterocycles. The van der Waals surface area contributed by atoms with Gasteiger partial charge in [-0.3, -0.25) is 13.9 Å². The fraction of sp³-hybridized carbons (Fsp3) is 0.333. The van der Waals surface area contributed by atoms with Crippen molar-refractivity contribution in [2.45, 2.75) is 19.6 Å². The molecule has 0 saturated heterocycles. The first-order chi connectivity index (χ1) is 17.3. The average molecular weight is 492 g/mol. The molecule has 3 heterocycles. The van der Waals surface area contributed by atoms with Gasteiger partial charge < -0.3 is 23.5 Å². The molecule has 1 unspecified atom stereocenters. The van der Waals surface area contributed by atoms with E-state index in [2.05, 4.69) is 4.57 Å². The van der Waals surface area contributed by atoms with Crippen LogP contribution in [0.15, 0.2) is 46.0 Å². The molecule has 0 N–H and O–H groups in total. The molecule has 5 rings (SSSR count). The minimum atomic E-state index is -0.577. The molecule has 1 aliphatic heterocycles. The van der Waals surface area contributed by atoms with Gasteiger partial charge in [0.2, 0.25) is 5.75 Å². The smallest absolute Gasteiger partial charge is 0.331 e. The maximum absolute atomic E-state index is 13.5. The van der Waals surface area contributed by atoms with Gasteiger partial charge in [0.05, 0.1) is 50.2 Å². The predicted molar refractivity (Wildman–Crippen MR) is 136 cm³/mol. The third kappa shape index (κ3) is 3.42. The highest BCUT2D eigenvalue weighted by Crippen LogP contribution is 2.45. The molecule has 36 heavy (non-hydrogen) atoms. The Morgan fingerprint density at radius 1 is 0.917 bits per heavy atom. The van der Waals surface area contributed by atoms with E-state index < -0.39 is 11.8 Å². The van der Waals surface area contributed by atoms with E-state index in [9.17, 15) is 9.59 Å². The minimum absolute atomic E-state index is 0.339. The molecule has 1 atom stereocenters. The van der Waals surface area contributed by atoms with Crippen LogP contribution in [0.3, 0.4) is 0 Å². The second-order valence-corrected chi connectivity index (χ2v) is 8.89. The molecule has 4 aromatic rings. The minimum Gasteiger partial charge on any atom is -0.493 e. The van der Waals surface area contributed by atoms with Crippen molar-refractivity contribution >= 4 is 10.9 Å². The van der Waals surface area contributed by atoms with Crippen LogP contribution in [0, 0.1) is 6.92 Å². The van der Waals surface area contributed by atoms with Crippen molar-refractivity contribution in [1.29, 1.82) is 0 Å². The highest BCUT2D eigenvalue weighted by molar-refractivity contribution is 5.96. The van der Waals surface area contributed by atoms with Crippen LogP contribution >= 0.6 is 0 Å². The second kappa shape index (κ2) is 8.91. The van der Waals surface area contributed by atoms with E-state index in [1.807, 2.05) is 43.3 Å². The Labute approximate surface area is 208 Å². The third-order valence-corrected chi connectivity index (χ3v) is 6.87. The van der Waals surface area contributed by atoms with E-state index in [0.717, 1.165) is 32.6 Å². The van der Waals surface area contributed by atoms with Crippen LogP contribution in [0.25, 0.3) is 22.2 Å². The number of fused-ring (bicyclic) bond motifs is 3. The molecule has 0 aliphatic carbocycles. The number of nitrogens with zero attached hydrogens (tertiary/aromatic N) is 3. The van der Waals surface area contributed by atoms with Crippen LogP contribution in [-0.4, -0.2) is 41.6 Å². The molecule has 0 bridgehead atoms. The summed E-state index contributed by atoms with van der Waals surface area (Å²) in [5.41, 5.74) is 4.10. The summed E-state index contributed by atoms with van der Waals surface area (Å²) in [7, 11) is 7.86. The Balaban J connectivity index is 1.89. The summed E-state index contributed by atoms with van der Waals surface area (Å²) >= 11 is 0. The molecule has 1 aliphatic rings. The SMILES string of the molecule is COc1cc(C2OCCn3c(-c4ccc(C)cc4)c4c(=O)n(C)c(=O)n(C)c4c32)cc(OC)c1OC. The molecular formula is C27H29N3O6. The fourth-order valence-corrected chi connectivity index (χ4v) is 5.10. The molecular weight excluding hydrogens is 462 g/mol. The van der Waals surface area contributed by atoms with Gasteiger partial charge in [-0.05, 0) is 30.2 Å². The number of ether oxygens (including phenoxy) is 4. The highest BCUT2D eigenvalue weighted by Gasteiger charge is 2.34. The van der Waals surface area contributed by atoms with Gasteiger partial charge >= 0.3 is 5.69 Å². The first-order valence-electron chi connectivity index (χ1n) is 11.6. The molecule has 0 amide bonds. The summed E-state index contributed by atoms with van der Waals surface area (Å²) in [5, 5.41) is 0.487. The van der Waals surface area contributed by atoms with Crippen LogP contribution in [-0.2, 0) is 25.4 Å². The van der Waals surface area contributed by atoms with E-state index in [-0.39, 0.29) is 5.56 Å². The first kappa shape index (κ1) is 23.7. The average Bonchev–Trinajstić information content (AvgIpc) is 3.25. The van der Waals surface area contributed by atoms with Crippen molar-refractivity contribution in [1.82, 2.24) is 13.7 Å². The number of methoxy groups -OCH3 is 3. The second-order valence-electron chi connectivity index (χ2n) is 8.89. The van der Waals surface area contributed by atoms with Gasteiger partial charge in [-0.2, -0.15) is 0 Å². The largest absolute Gasteiger partial charge is 0.493 e.